The topological polar surface area (TPSA) is 58.6 Å². The van der Waals surface area contributed by atoms with Gasteiger partial charge in [0.15, 0.2) is 0 Å². The highest BCUT2D eigenvalue weighted by molar-refractivity contribution is 5.68. The molecular formula is C13H17F2NO3. The fraction of sp³-hybridized carbons (Fsp3) is 0.462. The lowest BCUT2D eigenvalue weighted by molar-refractivity contribution is 0.0481. The highest BCUT2D eigenvalue weighted by atomic mass is 19.1. The molecule has 0 spiro atoms. The normalized spacial score (nSPS) is 12.9. The zero-order valence-corrected chi connectivity index (χ0v) is 11.0. The summed E-state index contributed by atoms with van der Waals surface area (Å²) in [6.07, 6.45) is -0.767. The quantitative estimate of drug-likeness (QED) is 0.889. The van der Waals surface area contributed by atoms with E-state index in [1.807, 2.05) is 0 Å². The van der Waals surface area contributed by atoms with Gasteiger partial charge in [-0.2, -0.15) is 0 Å². The Labute approximate surface area is 110 Å². The van der Waals surface area contributed by atoms with Crippen molar-refractivity contribution in [3.8, 4) is 0 Å². The molecule has 0 heterocycles. The zero-order valence-electron chi connectivity index (χ0n) is 11.0. The molecule has 0 radical (unpaired) electrons. The van der Waals surface area contributed by atoms with Crippen LogP contribution in [0.5, 0.6) is 0 Å². The van der Waals surface area contributed by atoms with Crippen molar-refractivity contribution in [3.63, 3.8) is 0 Å². The monoisotopic (exact) mass is 273 g/mol. The molecule has 0 saturated carbocycles. The lowest BCUT2D eigenvalue weighted by Gasteiger charge is -2.23. The van der Waals surface area contributed by atoms with Gasteiger partial charge in [-0.15, -0.1) is 0 Å². The lowest BCUT2D eigenvalue weighted by atomic mass is 10.1. The molecule has 0 bridgehead atoms. The highest BCUT2D eigenvalue weighted by Gasteiger charge is 2.20. The fourth-order valence-electron chi connectivity index (χ4n) is 1.46. The van der Waals surface area contributed by atoms with Crippen LogP contribution in [-0.4, -0.2) is 23.4 Å². The third-order valence-electron chi connectivity index (χ3n) is 2.16. The van der Waals surface area contributed by atoms with E-state index in [0.717, 1.165) is 12.1 Å². The Kier molecular flexibility index (Phi) is 4.83. The molecule has 1 rings (SSSR count). The Morgan fingerprint density at radius 1 is 1.32 bits per heavy atom. The van der Waals surface area contributed by atoms with E-state index in [1.54, 1.807) is 20.8 Å². The third kappa shape index (κ3) is 5.21. The second-order valence-corrected chi connectivity index (χ2v) is 5.08. The second kappa shape index (κ2) is 5.97. The molecule has 0 saturated heterocycles. The molecule has 1 aromatic rings. The van der Waals surface area contributed by atoms with Crippen molar-refractivity contribution < 1.29 is 23.4 Å². The summed E-state index contributed by atoms with van der Waals surface area (Å²) in [5.74, 6) is -1.56. The number of halogens is 2. The van der Waals surface area contributed by atoms with Gasteiger partial charge in [0.05, 0.1) is 12.6 Å². The van der Waals surface area contributed by atoms with E-state index in [-0.39, 0.29) is 5.56 Å². The molecule has 0 aliphatic heterocycles. The number of hydrogen-bond donors (Lipinski definition) is 2. The number of carbonyl (C=O) groups excluding carboxylic acids is 1. The highest BCUT2D eigenvalue weighted by Crippen LogP contribution is 2.17. The van der Waals surface area contributed by atoms with Crippen LogP contribution in [0.25, 0.3) is 0 Å². The van der Waals surface area contributed by atoms with E-state index >= 15 is 0 Å². The van der Waals surface area contributed by atoms with Crippen molar-refractivity contribution in [2.24, 2.45) is 0 Å². The molecule has 106 valence electrons. The van der Waals surface area contributed by atoms with E-state index in [9.17, 15) is 18.7 Å². The first-order chi connectivity index (χ1) is 8.71. The van der Waals surface area contributed by atoms with E-state index in [1.165, 1.54) is 0 Å². The Bertz CT molecular complexity index is 437. The molecule has 0 unspecified atom stereocenters. The largest absolute Gasteiger partial charge is 0.444 e. The maximum atomic E-state index is 13.1. The number of hydrogen-bond acceptors (Lipinski definition) is 3. The van der Waals surface area contributed by atoms with Gasteiger partial charge < -0.3 is 15.2 Å². The molecule has 6 heteroatoms. The lowest BCUT2D eigenvalue weighted by Crippen LogP contribution is -2.36. The second-order valence-electron chi connectivity index (χ2n) is 5.08. The van der Waals surface area contributed by atoms with E-state index in [4.69, 9.17) is 4.74 Å². The van der Waals surface area contributed by atoms with Crippen molar-refractivity contribution in [1.29, 1.82) is 0 Å². The summed E-state index contributed by atoms with van der Waals surface area (Å²) in [6.45, 7) is 4.55. The number of benzene rings is 1. The first-order valence-corrected chi connectivity index (χ1v) is 5.77. The molecule has 0 fully saturated rings. The van der Waals surface area contributed by atoms with Crippen molar-refractivity contribution in [2.75, 3.05) is 6.61 Å². The average molecular weight is 273 g/mol. The summed E-state index contributed by atoms with van der Waals surface area (Å²) in [7, 11) is 0. The van der Waals surface area contributed by atoms with Crippen molar-refractivity contribution >= 4 is 6.09 Å². The minimum atomic E-state index is -0.931. The number of rotatable bonds is 3. The minimum Gasteiger partial charge on any atom is -0.444 e. The van der Waals surface area contributed by atoms with Gasteiger partial charge in [0.2, 0.25) is 0 Å². The number of nitrogens with one attached hydrogen (secondary N) is 1. The number of amides is 1. The number of ether oxygens (including phenoxy) is 1. The van der Waals surface area contributed by atoms with Crippen LogP contribution in [0.1, 0.15) is 32.4 Å². The predicted octanol–water partition coefficient (Wildman–Crippen LogP) is 2.52. The summed E-state index contributed by atoms with van der Waals surface area (Å²) < 4.78 is 31.1. The molecule has 1 aromatic carbocycles. The van der Waals surface area contributed by atoms with Crippen LogP contribution in [0.15, 0.2) is 18.2 Å². The Morgan fingerprint density at radius 3 is 2.26 bits per heavy atom. The maximum absolute atomic E-state index is 13.1. The molecule has 0 aliphatic carbocycles. The molecule has 1 amide bonds. The van der Waals surface area contributed by atoms with Crippen LogP contribution in [0.3, 0.4) is 0 Å². The van der Waals surface area contributed by atoms with Crippen molar-refractivity contribution in [1.82, 2.24) is 5.32 Å². The van der Waals surface area contributed by atoms with Gasteiger partial charge in [-0.25, -0.2) is 13.6 Å². The van der Waals surface area contributed by atoms with Gasteiger partial charge in [0.25, 0.3) is 0 Å². The Morgan fingerprint density at radius 2 is 1.84 bits per heavy atom. The van der Waals surface area contributed by atoms with Gasteiger partial charge in [-0.05, 0) is 38.5 Å². The molecule has 0 aromatic heterocycles. The molecule has 0 aliphatic rings. The molecule has 19 heavy (non-hydrogen) atoms. The first-order valence-electron chi connectivity index (χ1n) is 5.77. The first kappa shape index (κ1) is 15.4. The number of aliphatic hydroxyl groups is 1. The molecule has 1 atom stereocenters. The van der Waals surface area contributed by atoms with E-state index in [0.29, 0.717) is 6.07 Å². The van der Waals surface area contributed by atoms with E-state index in [2.05, 4.69) is 5.32 Å². The minimum absolute atomic E-state index is 0.130. The van der Waals surface area contributed by atoms with Crippen LogP contribution in [0.2, 0.25) is 0 Å². The number of aliphatic hydroxyl groups excluding tert-OH is 1. The zero-order chi connectivity index (χ0) is 14.6. The van der Waals surface area contributed by atoms with Gasteiger partial charge in [0.1, 0.15) is 17.2 Å². The molecule has 2 N–H and O–H groups in total. The standard InChI is InChI=1S/C13H17F2NO3/c1-13(2,3)19-12(18)16-11(7-17)8-4-9(14)6-10(15)5-8/h4-6,11,17H,7H2,1-3H3,(H,16,18)/t11-/m1/s1. The van der Waals surface area contributed by atoms with Crippen LogP contribution >= 0.6 is 0 Å². The van der Waals surface area contributed by atoms with Crippen LogP contribution in [0.4, 0.5) is 13.6 Å². The molecule has 4 nitrogen and oxygen atoms in total. The fourth-order valence-corrected chi connectivity index (χ4v) is 1.46. The Balaban J connectivity index is 2.81. The van der Waals surface area contributed by atoms with Crippen molar-refractivity contribution in [3.05, 3.63) is 35.4 Å². The van der Waals surface area contributed by atoms with Gasteiger partial charge >= 0.3 is 6.09 Å². The van der Waals surface area contributed by atoms with Crippen LogP contribution < -0.4 is 5.32 Å². The summed E-state index contributed by atoms with van der Waals surface area (Å²) in [6, 6.07) is 1.87. The van der Waals surface area contributed by atoms with Crippen LogP contribution in [-0.2, 0) is 4.74 Å². The summed E-state index contributed by atoms with van der Waals surface area (Å²) in [5, 5.41) is 11.5. The summed E-state index contributed by atoms with van der Waals surface area (Å²) >= 11 is 0. The van der Waals surface area contributed by atoms with Crippen LogP contribution in [0, 0.1) is 11.6 Å². The van der Waals surface area contributed by atoms with Gasteiger partial charge in [0, 0.05) is 6.07 Å². The summed E-state index contributed by atoms with van der Waals surface area (Å²) in [5.41, 5.74) is -0.567. The number of carbonyl (C=O) groups is 1. The van der Waals surface area contributed by atoms with Gasteiger partial charge in [-0.3, -0.25) is 0 Å². The maximum Gasteiger partial charge on any atom is 0.408 e. The van der Waals surface area contributed by atoms with Crippen molar-refractivity contribution in [2.45, 2.75) is 32.4 Å². The SMILES string of the molecule is CC(C)(C)OC(=O)N[C@H](CO)c1cc(F)cc(F)c1. The van der Waals surface area contributed by atoms with E-state index < -0.39 is 36.0 Å². The predicted molar refractivity (Wildman–Crippen MR) is 65.6 cm³/mol. The average Bonchev–Trinajstić information content (AvgIpc) is 2.21. The summed E-state index contributed by atoms with van der Waals surface area (Å²) in [4.78, 5) is 11.5. The Hall–Kier alpha value is -1.69. The van der Waals surface area contributed by atoms with Gasteiger partial charge in [-0.1, -0.05) is 0 Å². The molecular weight excluding hydrogens is 256 g/mol. The smallest absolute Gasteiger partial charge is 0.408 e. The third-order valence-corrected chi connectivity index (χ3v) is 2.16. The number of alkyl carbamates (subject to hydrolysis) is 1.